The maximum absolute atomic E-state index is 13.5. The first kappa shape index (κ1) is 20.0. The summed E-state index contributed by atoms with van der Waals surface area (Å²) in [5.74, 6) is -1.49. The van der Waals surface area contributed by atoms with Gasteiger partial charge in [0.15, 0.2) is 5.76 Å². The molecule has 1 aliphatic heterocycles. The molecule has 0 radical (unpaired) electrons. The smallest absolute Gasteiger partial charge is 0.294 e. The molecule has 0 aliphatic carbocycles. The number of aliphatic hydroxyl groups excluding tert-OH is 1. The summed E-state index contributed by atoms with van der Waals surface area (Å²) in [6.45, 7) is 7.47. The topological polar surface area (TPSA) is 83.4 Å². The van der Waals surface area contributed by atoms with Crippen molar-refractivity contribution < 1.29 is 14.7 Å². The lowest BCUT2D eigenvalue weighted by atomic mass is 9.95. The molecule has 1 amide bonds. The minimum absolute atomic E-state index is 0.0668. The van der Waals surface area contributed by atoms with Gasteiger partial charge >= 0.3 is 0 Å². The average molecular weight is 420 g/mol. The summed E-state index contributed by atoms with van der Waals surface area (Å²) < 4.78 is 0. The summed E-state index contributed by atoms with van der Waals surface area (Å²) in [6, 6.07) is 8.52. The zero-order valence-electron chi connectivity index (χ0n) is 17.1. The van der Waals surface area contributed by atoms with Crippen molar-refractivity contribution in [2.75, 3.05) is 4.90 Å². The van der Waals surface area contributed by atoms with Crippen molar-refractivity contribution in [2.45, 2.75) is 33.7 Å². The predicted octanol–water partition coefficient (Wildman–Crippen LogP) is 4.55. The Bertz CT molecular complexity index is 1180. The molecule has 0 saturated carbocycles. The number of aliphatic hydroxyl groups is 1. The van der Waals surface area contributed by atoms with Crippen LogP contribution in [0, 0.1) is 27.7 Å². The summed E-state index contributed by atoms with van der Waals surface area (Å²) >= 11 is 1.26. The van der Waals surface area contributed by atoms with Crippen LogP contribution >= 0.6 is 11.3 Å². The van der Waals surface area contributed by atoms with Gasteiger partial charge in [0, 0.05) is 18.1 Å². The maximum atomic E-state index is 13.5. The molecule has 1 N–H and O–H groups in total. The number of thiazole rings is 1. The minimum atomic E-state index is -0.754. The number of aryl methyl sites for hydroxylation is 4. The van der Waals surface area contributed by atoms with Gasteiger partial charge in [-0.15, -0.1) is 11.3 Å². The van der Waals surface area contributed by atoms with Crippen molar-refractivity contribution >= 4 is 28.7 Å². The fraction of sp³-hybridized carbons (Fsp3) is 0.217. The Labute approximate surface area is 178 Å². The van der Waals surface area contributed by atoms with Gasteiger partial charge in [0.25, 0.3) is 5.91 Å². The van der Waals surface area contributed by atoms with Crippen LogP contribution in [-0.2, 0) is 4.79 Å². The van der Waals surface area contributed by atoms with Crippen LogP contribution in [0.4, 0.5) is 5.69 Å². The van der Waals surface area contributed by atoms with Crippen molar-refractivity contribution in [2.24, 2.45) is 0 Å². The molecule has 3 aromatic rings. The third-order valence-electron chi connectivity index (χ3n) is 5.07. The number of carbonyl (C=O) groups is 2. The molecule has 3 heterocycles. The van der Waals surface area contributed by atoms with Crippen molar-refractivity contribution in [1.29, 1.82) is 0 Å². The first-order valence-corrected chi connectivity index (χ1v) is 10.3. The summed E-state index contributed by atoms with van der Waals surface area (Å²) in [4.78, 5) is 37.0. The summed E-state index contributed by atoms with van der Waals surface area (Å²) in [6.07, 6.45) is 3.22. The molecule has 0 spiro atoms. The SMILES string of the molecule is Cc1cc(C)cc(N2C(=O)C(O)=C(C(=O)c3sc(C)nc3C)C2c2ccncc2)c1. The monoisotopic (exact) mass is 419 g/mol. The summed E-state index contributed by atoms with van der Waals surface area (Å²) in [5.41, 5.74) is 3.96. The molecule has 1 aromatic carbocycles. The molecule has 0 bridgehead atoms. The van der Waals surface area contributed by atoms with Crippen molar-refractivity contribution in [3.63, 3.8) is 0 Å². The quantitative estimate of drug-likeness (QED) is 0.627. The number of Topliss-reactive ketones (excluding diaryl/α,β-unsaturated/α-hetero) is 1. The number of carbonyl (C=O) groups excluding carboxylic acids is 2. The first-order chi connectivity index (χ1) is 14.3. The van der Waals surface area contributed by atoms with E-state index in [1.807, 2.05) is 39.0 Å². The number of hydrogen-bond donors (Lipinski definition) is 1. The van der Waals surface area contributed by atoms with Crippen LogP contribution in [0.25, 0.3) is 0 Å². The molecule has 1 atom stereocenters. The van der Waals surface area contributed by atoms with E-state index in [2.05, 4.69) is 9.97 Å². The van der Waals surface area contributed by atoms with Gasteiger partial charge in [-0.3, -0.25) is 19.5 Å². The third-order valence-corrected chi connectivity index (χ3v) is 6.14. The van der Waals surface area contributed by atoms with E-state index >= 15 is 0 Å². The second kappa shape index (κ2) is 7.50. The van der Waals surface area contributed by atoms with Gasteiger partial charge in [-0.05, 0) is 68.7 Å². The first-order valence-electron chi connectivity index (χ1n) is 9.51. The van der Waals surface area contributed by atoms with Crippen LogP contribution in [-0.4, -0.2) is 26.8 Å². The minimum Gasteiger partial charge on any atom is -0.503 e. The van der Waals surface area contributed by atoms with E-state index in [4.69, 9.17) is 0 Å². The molecule has 6 nitrogen and oxygen atoms in total. The standard InChI is InChI=1S/C23H21N3O3S/c1-12-9-13(2)11-17(10-12)26-19(16-5-7-24-8-6-16)18(21(28)23(26)29)20(27)22-14(3)25-15(4)30-22/h5-11,19,28H,1-4H3. The lowest BCUT2D eigenvalue weighted by Crippen LogP contribution is -2.31. The van der Waals surface area contributed by atoms with E-state index in [0.717, 1.165) is 16.1 Å². The molecule has 1 aliphatic rings. The Balaban J connectivity index is 1.91. The number of benzene rings is 1. The Morgan fingerprint density at radius 2 is 1.70 bits per heavy atom. The van der Waals surface area contributed by atoms with Gasteiger partial charge in [-0.25, -0.2) is 4.98 Å². The zero-order chi connectivity index (χ0) is 21.6. The van der Waals surface area contributed by atoms with Crippen molar-refractivity contribution in [1.82, 2.24) is 9.97 Å². The van der Waals surface area contributed by atoms with Crippen LogP contribution < -0.4 is 4.90 Å². The van der Waals surface area contributed by atoms with E-state index in [9.17, 15) is 14.7 Å². The van der Waals surface area contributed by atoms with Crippen LogP contribution in [0.5, 0.6) is 0 Å². The highest BCUT2D eigenvalue weighted by Crippen LogP contribution is 2.42. The maximum Gasteiger partial charge on any atom is 0.294 e. The number of pyridine rings is 1. The van der Waals surface area contributed by atoms with Gasteiger partial charge in [0.2, 0.25) is 5.78 Å². The lowest BCUT2D eigenvalue weighted by molar-refractivity contribution is -0.117. The molecule has 30 heavy (non-hydrogen) atoms. The molecule has 7 heteroatoms. The van der Waals surface area contributed by atoms with Gasteiger partial charge in [-0.2, -0.15) is 0 Å². The second-order valence-electron chi connectivity index (χ2n) is 7.44. The number of ketones is 1. The highest BCUT2D eigenvalue weighted by molar-refractivity contribution is 7.14. The Morgan fingerprint density at radius 1 is 1.07 bits per heavy atom. The molecular weight excluding hydrogens is 398 g/mol. The number of hydrogen-bond acceptors (Lipinski definition) is 6. The van der Waals surface area contributed by atoms with Gasteiger partial charge in [0.05, 0.1) is 27.2 Å². The molecule has 2 aromatic heterocycles. The largest absolute Gasteiger partial charge is 0.503 e. The van der Waals surface area contributed by atoms with Crippen LogP contribution in [0.2, 0.25) is 0 Å². The normalized spacial score (nSPS) is 16.5. The highest BCUT2D eigenvalue weighted by atomic mass is 32.1. The van der Waals surface area contributed by atoms with E-state index in [-0.39, 0.29) is 11.4 Å². The number of amides is 1. The molecule has 0 saturated heterocycles. The van der Waals surface area contributed by atoms with E-state index < -0.39 is 17.7 Å². The lowest BCUT2D eigenvalue weighted by Gasteiger charge is -2.27. The van der Waals surface area contributed by atoms with Crippen LogP contribution in [0.15, 0.2) is 54.1 Å². The van der Waals surface area contributed by atoms with E-state index in [1.54, 1.807) is 31.5 Å². The zero-order valence-corrected chi connectivity index (χ0v) is 17.9. The number of nitrogens with zero attached hydrogens (tertiary/aromatic N) is 3. The van der Waals surface area contributed by atoms with Crippen LogP contribution in [0.1, 0.15) is 43.1 Å². The van der Waals surface area contributed by atoms with E-state index in [0.29, 0.717) is 21.8 Å². The van der Waals surface area contributed by atoms with Gasteiger partial charge < -0.3 is 5.11 Å². The van der Waals surface area contributed by atoms with Gasteiger partial charge in [-0.1, -0.05) is 6.07 Å². The summed E-state index contributed by atoms with van der Waals surface area (Å²) in [5, 5.41) is 11.6. The van der Waals surface area contributed by atoms with Crippen molar-refractivity contribution in [3.05, 3.63) is 86.3 Å². The predicted molar refractivity (Wildman–Crippen MR) is 116 cm³/mol. The average Bonchev–Trinajstić information content (AvgIpc) is 3.17. The van der Waals surface area contributed by atoms with Crippen molar-refractivity contribution in [3.8, 4) is 0 Å². The molecule has 152 valence electrons. The molecule has 0 fully saturated rings. The fourth-order valence-corrected chi connectivity index (χ4v) is 4.79. The van der Waals surface area contributed by atoms with Crippen LogP contribution in [0.3, 0.4) is 0 Å². The Hall–Kier alpha value is -3.32. The summed E-state index contributed by atoms with van der Waals surface area (Å²) in [7, 11) is 0. The molecule has 1 unspecified atom stereocenters. The number of rotatable bonds is 4. The molecular formula is C23H21N3O3S. The number of anilines is 1. The Morgan fingerprint density at radius 3 is 2.27 bits per heavy atom. The fourth-order valence-electron chi connectivity index (χ4n) is 3.92. The van der Waals surface area contributed by atoms with Gasteiger partial charge in [0.1, 0.15) is 0 Å². The third kappa shape index (κ3) is 3.31. The highest BCUT2D eigenvalue weighted by Gasteiger charge is 2.45. The Kier molecular flexibility index (Phi) is 4.99. The second-order valence-corrected chi connectivity index (χ2v) is 8.65. The number of aromatic nitrogens is 2. The molecule has 4 rings (SSSR count). The van der Waals surface area contributed by atoms with E-state index in [1.165, 1.54) is 16.2 Å².